The van der Waals surface area contributed by atoms with Crippen LogP contribution in [0.2, 0.25) is 0 Å². The van der Waals surface area contributed by atoms with Gasteiger partial charge in [-0.3, -0.25) is 4.79 Å². The maximum Gasteiger partial charge on any atom is 0.309 e. The van der Waals surface area contributed by atoms with Gasteiger partial charge in [-0.2, -0.15) is 0 Å². The maximum absolute atomic E-state index is 11.3. The predicted octanol–water partition coefficient (Wildman–Crippen LogP) is 4.82. The Morgan fingerprint density at radius 2 is 1.95 bits per heavy atom. The number of carbonyl (C=O) groups is 1. The molecule has 0 aromatic heterocycles. The van der Waals surface area contributed by atoms with Crippen LogP contribution >= 0.6 is 15.9 Å². The van der Waals surface area contributed by atoms with Gasteiger partial charge < -0.3 is 9.47 Å². The summed E-state index contributed by atoms with van der Waals surface area (Å²) in [5.41, 5.74) is 2.31. The lowest BCUT2D eigenvalue weighted by atomic mass is 10.1. The Labute approximate surface area is 137 Å². The largest absolute Gasteiger partial charge is 0.469 e. The molecule has 0 heterocycles. The lowest BCUT2D eigenvalue weighted by Crippen LogP contribution is -2.04. The van der Waals surface area contributed by atoms with Gasteiger partial charge in [-0.15, -0.1) is 0 Å². The van der Waals surface area contributed by atoms with E-state index in [9.17, 15) is 4.79 Å². The van der Waals surface area contributed by atoms with E-state index in [1.54, 1.807) is 24.3 Å². The maximum atomic E-state index is 11.3. The highest BCUT2D eigenvalue weighted by atomic mass is 79.9. The van der Waals surface area contributed by atoms with Crippen molar-refractivity contribution in [1.82, 2.24) is 0 Å². The van der Waals surface area contributed by atoms with Crippen LogP contribution in [0.25, 0.3) is 4.85 Å². The number of aryl methyl sites for hydroxylation is 1. The molecule has 0 atom stereocenters. The summed E-state index contributed by atoms with van der Waals surface area (Å²) in [5.74, 6) is 1.05. The summed E-state index contributed by atoms with van der Waals surface area (Å²) in [5, 5.41) is 0. The first kappa shape index (κ1) is 16.1. The van der Waals surface area contributed by atoms with Gasteiger partial charge in [-0.25, -0.2) is 4.85 Å². The number of carbonyl (C=O) groups excluding carboxylic acids is 1. The molecule has 0 aliphatic rings. The molecule has 22 heavy (non-hydrogen) atoms. The molecule has 0 amide bonds. The van der Waals surface area contributed by atoms with Crippen molar-refractivity contribution in [3.05, 3.63) is 63.4 Å². The number of nitrogens with zero attached hydrogens (tertiary/aromatic N) is 1. The zero-order valence-corrected chi connectivity index (χ0v) is 13.8. The van der Waals surface area contributed by atoms with E-state index in [1.165, 1.54) is 7.11 Å². The SMILES string of the molecule is [C-]#[N+]c1ccc(Oc2ccc(CC(=O)OC)cc2Br)c(C)c1. The number of esters is 1. The Bertz CT molecular complexity index is 750. The first-order valence-electron chi connectivity index (χ1n) is 6.54. The van der Waals surface area contributed by atoms with Gasteiger partial charge in [0.25, 0.3) is 0 Å². The topological polar surface area (TPSA) is 39.9 Å². The van der Waals surface area contributed by atoms with Crippen LogP contribution in [0.4, 0.5) is 5.69 Å². The second kappa shape index (κ2) is 7.10. The lowest BCUT2D eigenvalue weighted by molar-refractivity contribution is -0.139. The highest BCUT2D eigenvalue weighted by Gasteiger charge is 2.09. The monoisotopic (exact) mass is 359 g/mol. The molecule has 0 aliphatic heterocycles. The van der Waals surface area contributed by atoms with Crippen molar-refractivity contribution in [3.8, 4) is 11.5 Å². The summed E-state index contributed by atoms with van der Waals surface area (Å²) in [6.45, 7) is 8.89. The molecule has 0 radical (unpaired) electrons. The van der Waals surface area contributed by atoms with Gasteiger partial charge in [0.05, 0.1) is 24.6 Å². The van der Waals surface area contributed by atoms with Crippen molar-refractivity contribution >= 4 is 27.6 Å². The second-order valence-corrected chi connectivity index (χ2v) is 5.54. The molecule has 2 rings (SSSR count). The highest BCUT2D eigenvalue weighted by Crippen LogP contribution is 2.33. The summed E-state index contributed by atoms with van der Waals surface area (Å²) in [4.78, 5) is 14.7. The molecule has 0 N–H and O–H groups in total. The average Bonchev–Trinajstić information content (AvgIpc) is 2.51. The van der Waals surface area contributed by atoms with Gasteiger partial charge >= 0.3 is 5.97 Å². The molecule has 0 fully saturated rings. The van der Waals surface area contributed by atoms with E-state index in [4.69, 9.17) is 11.3 Å². The van der Waals surface area contributed by atoms with Crippen LogP contribution < -0.4 is 4.74 Å². The van der Waals surface area contributed by atoms with Crippen molar-refractivity contribution in [2.24, 2.45) is 0 Å². The third-order valence-electron chi connectivity index (χ3n) is 3.08. The van der Waals surface area contributed by atoms with Crippen LogP contribution in [0.1, 0.15) is 11.1 Å². The molecule has 0 bridgehead atoms. The van der Waals surface area contributed by atoms with Crippen molar-refractivity contribution < 1.29 is 14.3 Å². The first-order chi connectivity index (χ1) is 10.5. The number of benzene rings is 2. The molecule has 112 valence electrons. The van der Waals surface area contributed by atoms with E-state index < -0.39 is 0 Å². The van der Waals surface area contributed by atoms with E-state index >= 15 is 0 Å². The fourth-order valence-corrected chi connectivity index (χ4v) is 2.42. The lowest BCUT2D eigenvalue weighted by Gasteiger charge is -2.11. The summed E-state index contributed by atoms with van der Waals surface area (Å²) in [7, 11) is 1.37. The van der Waals surface area contributed by atoms with Gasteiger partial charge in [0, 0.05) is 0 Å². The third-order valence-corrected chi connectivity index (χ3v) is 3.70. The van der Waals surface area contributed by atoms with E-state index in [2.05, 4.69) is 25.5 Å². The van der Waals surface area contributed by atoms with Gasteiger partial charge in [0.15, 0.2) is 5.69 Å². The second-order valence-electron chi connectivity index (χ2n) is 4.68. The van der Waals surface area contributed by atoms with Crippen molar-refractivity contribution in [1.29, 1.82) is 0 Å². The van der Waals surface area contributed by atoms with Crippen LogP contribution in [0.3, 0.4) is 0 Å². The summed E-state index contributed by atoms with van der Waals surface area (Å²) in [6.07, 6.45) is 0.216. The zero-order valence-electron chi connectivity index (χ0n) is 12.2. The molecule has 5 heteroatoms. The van der Waals surface area contributed by atoms with E-state index in [1.807, 2.05) is 19.1 Å². The predicted molar refractivity (Wildman–Crippen MR) is 87.4 cm³/mol. The van der Waals surface area contributed by atoms with Gasteiger partial charge in [-0.05, 0) is 58.2 Å². The quantitative estimate of drug-likeness (QED) is 0.580. The van der Waals surface area contributed by atoms with Crippen molar-refractivity contribution in [2.45, 2.75) is 13.3 Å². The molecule has 4 nitrogen and oxygen atoms in total. The van der Waals surface area contributed by atoms with Gasteiger partial charge in [0.2, 0.25) is 0 Å². The van der Waals surface area contributed by atoms with Gasteiger partial charge in [-0.1, -0.05) is 12.1 Å². The molecular weight excluding hydrogens is 346 g/mol. The number of ether oxygens (including phenoxy) is 2. The third kappa shape index (κ3) is 3.86. The first-order valence-corrected chi connectivity index (χ1v) is 7.34. The Balaban J connectivity index is 2.20. The van der Waals surface area contributed by atoms with Crippen LogP contribution in [-0.2, 0) is 16.0 Å². The minimum absolute atomic E-state index is 0.216. The fraction of sp³-hybridized carbons (Fsp3) is 0.176. The Morgan fingerprint density at radius 3 is 2.55 bits per heavy atom. The molecule has 0 unspecified atom stereocenters. The van der Waals surface area contributed by atoms with Crippen molar-refractivity contribution in [3.63, 3.8) is 0 Å². The summed E-state index contributed by atoms with van der Waals surface area (Å²) in [6, 6.07) is 10.7. The van der Waals surface area contributed by atoms with Gasteiger partial charge in [0.1, 0.15) is 11.5 Å². The minimum Gasteiger partial charge on any atom is -0.469 e. The van der Waals surface area contributed by atoms with E-state index in [-0.39, 0.29) is 12.4 Å². The Morgan fingerprint density at radius 1 is 1.23 bits per heavy atom. The number of hydrogen-bond donors (Lipinski definition) is 0. The summed E-state index contributed by atoms with van der Waals surface area (Å²) < 4.78 is 11.3. The van der Waals surface area contributed by atoms with E-state index in [0.29, 0.717) is 17.2 Å². The van der Waals surface area contributed by atoms with Crippen LogP contribution in [0, 0.1) is 13.5 Å². The van der Waals surface area contributed by atoms with Crippen molar-refractivity contribution in [2.75, 3.05) is 7.11 Å². The molecule has 0 saturated carbocycles. The minimum atomic E-state index is -0.286. The van der Waals surface area contributed by atoms with Crippen LogP contribution in [-0.4, -0.2) is 13.1 Å². The standard InChI is InChI=1S/C17H14BrNO3/c1-11-8-13(19-2)5-7-15(11)22-16-6-4-12(9-14(16)18)10-17(20)21-3/h4-9H,10H2,1,3H3. The summed E-state index contributed by atoms with van der Waals surface area (Å²) >= 11 is 3.44. The molecule has 2 aromatic carbocycles. The molecule has 2 aromatic rings. The van der Waals surface area contributed by atoms with Crippen LogP contribution in [0.5, 0.6) is 11.5 Å². The molecule has 0 saturated heterocycles. The smallest absolute Gasteiger partial charge is 0.309 e. The number of methoxy groups -OCH3 is 1. The molecular formula is C17H14BrNO3. The Hall–Kier alpha value is -2.32. The normalized spacial score (nSPS) is 9.91. The fourth-order valence-electron chi connectivity index (χ4n) is 1.91. The molecule has 0 aliphatic carbocycles. The number of hydrogen-bond acceptors (Lipinski definition) is 3. The highest BCUT2D eigenvalue weighted by molar-refractivity contribution is 9.10. The average molecular weight is 360 g/mol. The Kier molecular flexibility index (Phi) is 5.18. The molecule has 0 spiro atoms. The van der Waals surface area contributed by atoms with E-state index in [0.717, 1.165) is 15.6 Å². The van der Waals surface area contributed by atoms with Crippen LogP contribution in [0.15, 0.2) is 40.9 Å². The zero-order chi connectivity index (χ0) is 16.1. The number of rotatable bonds is 4. The number of halogens is 1.